The monoisotopic (exact) mass is 460 g/mol. The zero-order valence-corrected chi connectivity index (χ0v) is 19.3. The molecule has 0 spiro atoms. The molecule has 8 heteroatoms. The second-order valence-electron chi connectivity index (χ2n) is 9.84. The molecule has 8 nitrogen and oxygen atoms in total. The highest BCUT2D eigenvalue weighted by molar-refractivity contribution is 5.83. The summed E-state index contributed by atoms with van der Waals surface area (Å²) in [4.78, 5) is 30.9. The number of amides is 2. The zero-order chi connectivity index (χ0) is 23.1. The van der Waals surface area contributed by atoms with Crippen LogP contribution in [0.4, 0.5) is 5.69 Å². The molecule has 34 heavy (non-hydrogen) atoms. The van der Waals surface area contributed by atoms with Gasteiger partial charge in [0, 0.05) is 43.8 Å². The van der Waals surface area contributed by atoms with Crippen LogP contribution in [0.1, 0.15) is 30.9 Å². The van der Waals surface area contributed by atoms with Gasteiger partial charge in [0.05, 0.1) is 12.0 Å². The van der Waals surface area contributed by atoms with E-state index in [2.05, 4.69) is 62.6 Å². The Balaban J connectivity index is 1.12. The maximum absolute atomic E-state index is 13.5. The van der Waals surface area contributed by atoms with Crippen molar-refractivity contribution in [1.82, 2.24) is 26.2 Å². The first-order valence-corrected chi connectivity index (χ1v) is 12.4. The van der Waals surface area contributed by atoms with Crippen molar-refractivity contribution < 1.29 is 9.59 Å². The van der Waals surface area contributed by atoms with Crippen molar-refractivity contribution in [2.24, 2.45) is 11.8 Å². The van der Waals surface area contributed by atoms with E-state index in [-0.39, 0.29) is 41.9 Å². The van der Waals surface area contributed by atoms with E-state index < -0.39 is 0 Å². The Kier molecular flexibility index (Phi) is 5.72. The van der Waals surface area contributed by atoms with E-state index in [0.29, 0.717) is 6.42 Å². The van der Waals surface area contributed by atoms with Crippen LogP contribution in [-0.4, -0.2) is 60.1 Å². The molecule has 1 saturated carbocycles. The van der Waals surface area contributed by atoms with Gasteiger partial charge in [-0.3, -0.25) is 9.59 Å². The van der Waals surface area contributed by atoms with E-state index in [9.17, 15) is 9.59 Å². The molecule has 3 saturated heterocycles. The van der Waals surface area contributed by atoms with E-state index in [1.807, 2.05) is 29.2 Å². The molecule has 2 aromatic carbocycles. The number of anilines is 1. The molecule has 0 bridgehead atoms. The van der Waals surface area contributed by atoms with Gasteiger partial charge in [0.2, 0.25) is 11.8 Å². The molecule has 2 aromatic rings. The Morgan fingerprint density at radius 1 is 0.882 bits per heavy atom. The number of hydrogen-bond acceptors (Lipinski definition) is 6. The molecule has 178 valence electrons. The Morgan fingerprint density at radius 3 is 2.32 bits per heavy atom. The second-order valence-corrected chi connectivity index (χ2v) is 9.84. The summed E-state index contributed by atoms with van der Waals surface area (Å²) in [6.07, 6.45) is 2.07. The molecular formula is C26H32N6O2. The molecule has 5 unspecified atom stereocenters. The minimum absolute atomic E-state index is 0.00766. The van der Waals surface area contributed by atoms with Crippen LogP contribution >= 0.6 is 0 Å². The number of hydrazine groups is 2. The SMILES string of the molecule is O=C1NC2C(c3ccccc3)NNN2C2CC(C(=O)N3CCN(c4ccccc4)CC3)CCC12. The Labute approximate surface area is 200 Å². The number of para-hydroxylation sites is 1. The van der Waals surface area contributed by atoms with Gasteiger partial charge in [-0.25, -0.2) is 10.4 Å². The van der Waals surface area contributed by atoms with E-state index in [1.165, 1.54) is 5.69 Å². The molecule has 3 heterocycles. The van der Waals surface area contributed by atoms with Crippen LogP contribution in [0.3, 0.4) is 0 Å². The van der Waals surface area contributed by atoms with Gasteiger partial charge >= 0.3 is 0 Å². The minimum atomic E-state index is -0.167. The predicted molar refractivity (Wildman–Crippen MR) is 129 cm³/mol. The van der Waals surface area contributed by atoms with Crippen LogP contribution in [0.2, 0.25) is 0 Å². The Hall–Kier alpha value is -2.94. The van der Waals surface area contributed by atoms with Gasteiger partial charge in [-0.05, 0) is 37.0 Å². The fourth-order valence-corrected chi connectivity index (χ4v) is 6.14. The number of carbonyl (C=O) groups excluding carboxylic acids is 2. The van der Waals surface area contributed by atoms with E-state index >= 15 is 0 Å². The average Bonchev–Trinajstić information content (AvgIpc) is 3.33. The lowest BCUT2D eigenvalue weighted by molar-refractivity contribution is -0.147. The first kappa shape index (κ1) is 21.6. The van der Waals surface area contributed by atoms with Crippen LogP contribution in [0, 0.1) is 11.8 Å². The molecule has 3 aliphatic heterocycles. The van der Waals surface area contributed by atoms with Crippen molar-refractivity contribution >= 4 is 17.5 Å². The molecule has 1 aliphatic carbocycles. The summed E-state index contributed by atoms with van der Waals surface area (Å²) in [7, 11) is 0. The number of nitrogens with zero attached hydrogens (tertiary/aromatic N) is 3. The Morgan fingerprint density at radius 2 is 1.59 bits per heavy atom. The summed E-state index contributed by atoms with van der Waals surface area (Å²) in [5, 5.41) is 5.36. The number of rotatable bonds is 3. The van der Waals surface area contributed by atoms with E-state index in [0.717, 1.165) is 44.6 Å². The van der Waals surface area contributed by atoms with Crippen LogP contribution in [0.25, 0.3) is 0 Å². The van der Waals surface area contributed by atoms with Crippen molar-refractivity contribution in [3.63, 3.8) is 0 Å². The molecule has 0 radical (unpaired) electrons. The number of piperazine rings is 1. The van der Waals surface area contributed by atoms with Gasteiger partial charge in [-0.2, -0.15) is 5.53 Å². The summed E-state index contributed by atoms with van der Waals surface area (Å²) in [6.45, 7) is 3.22. The maximum Gasteiger partial charge on any atom is 0.226 e. The van der Waals surface area contributed by atoms with Crippen molar-refractivity contribution in [2.45, 2.75) is 37.5 Å². The first-order valence-electron chi connectivity index (χ1n) is 12.4. The third-order valence-electron chi connectivity index (χ3n) is 7.99. The lowest BCUT2D eigenvalue weighted by Gasteiger charge is -2.47. The average molecular weight is 461 g/mol. The molecule has 3 N–H and O–H groups in total. The summed E-state index contributed by atoms with van der Waals surface area (Å²) < 4.78 is 0. The molecule has 0 aromatic heterocycles. The summed E-state index contributed by atoms with van der Waals surface area (Å²) in [6, 6.07) is 20.5. The molecule has 2 amide bonds. The molecule has 4 fully saturated rings. The van der Waals surface area contributed by atoms with Crippen LogP contribution < -0.4 is 21.2 Å². The fourth-order valence-electron chi connectivity index (χ4n) is 6.14. The number of hydrogen-bond donors (Lipinski definition) is 3. The third kappa shape index (κ3) is 3.85. The third-order valence-corrected chi connectivity index (χ3v) is 7.99. The number of nitrogens with one attached hydrogen (secondary N) is 3. The van der Waals surface area contributed by atoms with Gasteiger partial charge in [0.15, 0.2) is 0 Å². The number of benzene rings is 2. The molecule has 5 atom stereocenters. The zero-order valence-electron chi connectivity index (χ0n) is 19.3. The van der Waals surface area contributed by atoms with Crippen molar-refractivity contribution in [1.29, 1.82) is 0 Å². The van der Waals surface area contributed by atoms with Gasteiger partial charge in [0.1, 0.15) is 6.17 Å². The van der Waals surface area contributed by atoms with Gasteiger partial charge in [-0.15, -0.1) is 0 Å². The van der Waals surface area contributed by atoms with Gasteiger partial charge < -0.3 is 15.1 Å². The number of carbonyl (C=O) groups is 2. The maximum atomic E-state index is 13.5. The summed E-state index contributed by atoms with van der Waals surface area (Å²) >= 11 is 0. The van der Waals surface area contributed by atoms with Crippen LogP contribution in [0.15, 0.2) is 60.7 Å². The highest BCUT2D eigenvalue weighted by atomic mass is 16.2. The normalized spacial score (nSPS) is 31.5. The lowest BCUT2D eigenvalue weighted by atomic mass is 9.75. The highest BCUT2D eigenvalue weighted by Crippen LogP contribution is 2.39. The van der Waals surface area contributed by atoms with Crippen LogP contribution in [0.5, 0.6) is 0 Å². The number of fused-ring (bicyclic) bond motifs is 3. The van der Waals surface area contributed by atoms with Gasteiger partial charge in [-0.1, -0.05) is 48.5 Å². The van der Waals surface area contributed by atoms with Gasteiger partial charge in [0.25, 0.3) is 0 Å². The minimum Gasteiger partial charge on any atom is -0.368 e. The fraction of sp³-hybridized carbons (Fsp3) is 0.462. The molecule has 4 aliphatic rings. The first-order chi connectivity index (χ1) is 16.7. The van der Waals surface area contributed by atoms with Crippen molar-refractivity contribution in [3.8, 4) is 0 Å². The standard InChI is InChI=1S/C26H32N6O2/c33-25-21-12-11-19(26(34)31-15-13-30(14-16-31)20-9-5-2-6-10-20)17-22(21)32-24(27-25)23(28-29-32)18-7-3-1-4-8-18/h1-10,19,21-24,28-29H,11-17H2,(H,27,33). The largest absolute Gasteiger partial charge is 0.368 e. The second kappa shape index (κ2) is 9.02. The highest BCUT2D eigenvalue weighted by Gasteiger charge is 2.51. The quantitative estimate of drug-likeness (QED) is 0.646. The lowest BCUT2D eigenvalue weighted by Crippen LogP contribution is -2.66. The topological polar surface area (TPSA) is 79.9 Å². The predicted octanol–water partition coefficient (Wildman–Crippen LogP) is 1.64. The van der Waals surface area contributed by atoms with E-state index in [4.69, 9.17) is 0 Å². The molecular weight excluding hydrogens is 428 g/mol. The van der Waals surface area contributed by atoms with E-state index in [1.54, 1.807) is 0 Å². The summed E-state index contributed by atoms with van der Waals surface area (Å²) in [5.74, 6) is 0.244. The van der Waals surface area contributed by atoms with Crippen molar-refractivity contribution in [2.75, 3.05) is 31.1 Å². The smallest absolute Gasteiger partial charge is 0.226 e. The summed E-state index contributed by atoms with van der Waals surface area (Å²) in [5.41, 5.74) is 9.03. The Bertz CT molecular complexity index is 1030. The van der Waals surface area contributed by atoms with Crippen LogP contribution in [-0.2, 0) is 9.59 Å². The molecule has 6 rings (SSSR count). The van der Waals surface area contributed by atoms with Crippen molar-refractivity contribution in [3.05, 3.63) is 66.2 Å².